The van der Waals surface area contributed by atoms with E-state index in [1.807, 2.05) is 10.9 Å². The summed E-state index contributed by atoms with van der Waals surface area (Å²) < 4.78 is 3.68. The van der Waals surface area contributed by atoms with Crippen LogP contribution in [0.15, 0.2) is 23.5 Å². The maximum atomic E-state index is 11.5. The van der Waals surface area contributed by atoms with Gasteiger partial charge in [-0.2, -0.15) is 10.2 Å². The molecule has 0 saturated heterocycles. The summed E-state index contributed by atoms with van der Waals surface area (Å²) in [6.45, 7) is 0. The monoisotopic (exact) mass is 430 g/mol. The maximum absolute atomic E-state index is 11.5. The Morgan fingerprint density at radius 1 is 0.968 bits per heavy atom. The van der Waals surface area contributed by atoms with E-state index in [2.05, 4.69) is 20.2 Å². The second-order valence-electron chi connectivity index (χ2n) is 7.73. The number of primary amides is 1. The largest absolute Gasteiger partial charge is 0.382 e. The van der Waals surface area contributed by atoms with Crippen LogP contribution in [-0.2, 0) is 0 Å². The Labute approximate surface area is 182 Å². The third kappa shape index (κ3) is 5.12. The van der Waals surface area contributed by atoms with E-state index in [-0.39, 0.29) is 26.2 Å². The van der Waals surface area contributed by atoms with Crippen LogP contribution in [0.3, 0.4) is 0 Å². The van der Waals surface area contributed by atoms with Crippen LogP contribution in [0.2, 0.25) is 0 Å². The van der Waals surface area contributed by atoms with Gasteiger partial charge in [0.05, 0.1) is 18.4 Å². The molecule has 2 saturated carbocycles. The van der Waals surface area contributed by atoms with E-state index < -0.39 is 5.91 Å². The molecule has 3 heterocycles. The number of nitrogens with one attached hydrogen (secondary N) is 1. The van der Waals surface area contributed by atoms with Gasteiger partial charge in [0.25, 0.3) is 11.5 Å². The molecule has 2 aliphatic rings. The molecule has 0 radical (unpaired) electrons. The van der Waals surface area contributed by atoms with E-state index in [0.717, 1.165) is 25.7 Å². The van der Waals surface area contributed by atoms with Crippen molar-refractivity contribution >= 4 is 22.8 Å². The molecule has 5 rings (SSSR count). The van der Waals surface area contributed by atoms with Crippen molar-refractivity contribution in [3.05, 3.63) is 34.6 Å². The molecule has 170 valence electrons. The lowest BCUT2D eigenvalue weighted by molar-refractivity contribution is 0.100. The maximum Gasteiger partial charge on any atom is 0.261 e. The lowest BCUT2D eigenvalue weighted by Gasteiger charge is -2.07. The number of carbonyl (C=O) groups excluding carboxylic acids is 1. The zero-order valence-electron chi connectivity index (χ0n) is 16.3. The van der Waals surface area contributed by atoms with Crippen molar-refractivity contribution in [1.82, 2.24) is 29.5 Å². The van der Waals surface area contributed by atoms with E-state index in [1.165, 1.54) is 32.0 Å². The van der Waals surface area contributed by atoms with Crippen molar-refractivity contribution in [3.8, 4) is 0 Å². The van der Waals surface area contributed by atoms with Crippen LogP contribution in [-0.4, -0.2) is 35.4 Å². The van der Waals surface area contributed by atoms with Crippen LogP contribution in [0.4, 0.5) is 5.82 Å². The number of hydrogen-bond donors (Lipinski definition) is 3. The number of aromatic nitrogens is 6. The van der Waals surface area contributed by atoms with Crippen molar-refractivity contribution in [2.75, 3.05) is 5.73 Å². The van der Waals surface area contributed by atoms with Gasteiger partial charge in [-0.15, -0.1) is 0 Å². The van der Waals surface area contributed by atoms with Gasteiger partial charge in [0.2, 0.25) is 0 Å². The number of hydrogen-bond acceptors (Lipinski definition) is 6. The molecule has 0 bridgehead atoms. The highest BCUT2D eigenvalue weighted by Gasteiger charge is 2.21. The molecule has 0 unspecified atom stereocenters. The summed E-state index contributed by atoms with van der Waals surface area (Å²) in [4.78, 5) is 29.0. The molecule has 3 aromatic heterocycles. The van der Waals surface area contributed by atoms with Crippen molar-refractivity contribution in [2.45, 2.75) is 78.3 Å². The third-order valence-corrected chi connectivity index (χ3v) is 5.76. The fourth-order valence-electron chi connectivity index (χ4n) is 4.17. The second-order valence-corrected chi connectivity index (χ2v) is 7.73. The molecule has 2 fully saturated rings. The predicted octanol–water partition coefficient (Wildman–Crippen LogP) is 3.19. The zero-order valence-corrected chi connectivity index (χ0v) is 16.3. The van der Waals surface area contributed by atoms with Crippen LogP contribution in [0, 0.1) is 0 Å². The Bertz CT molecular complexity index is 1050. The van der Waals surface area contributed by atoms with Gasteiger partial charge in [-0.05, 0) is 25.7 Å². The third-order valence-electron chi connectivity index (χ3n) is 5.76. The first kappa shape index (κ1) is 24.1. The van der Waals surface area contributed by atoms with Gasteiger partial charge in [0.1, 0.15) is 10.9 Å². The molecule has 0 aromatic carbocycles. The van der Waals surface area contributed by atoms with Crippen LogP contribution >= 0.6 is 0 Å². The summed E-state index contributed by atoms with van der Waals surface area (Å²) >= 11 is 0. The van der Waals surface area contributed by atoms with Crippen molar-refractivity contribution in [1.29, 1.82) is 0 Å². The molecule has 0 aliphatic heterocycles. The van der Waals surface area contributed by atoms with Gasteiger partial charge in [0, 0.05) is 12.4 Å². The molecule has 10 nitrogen and oxygen atoms in total. The van der Waals surface area contributed by atoms with Crippen LogP contribution in [0.5, 0.6) is 0 Å². The fourth-order valence-corrected chi connectivity index (χ4v) is 4.17. The van der Waals surface area contributed by atoms with Crippen molar-refractivity contribution < 1.29 is 4.79 Å². The second kappa shape index (κ2) is 10.2. The first-order valence-corrected chi connectivity index (χ1v) is 10.1. The van der Waals surface area contributed by atoms with E-state index in [0.29, 0.717) is 28.7 Å². The van der Waals surface area contributed by atoms with Gasteiger partial charge in [0.15, 0.2) is 11.5 Å². The van der Waals surface area contributed by atoms with Gasteiger partial charge in [-0.1, -0.05) is 40.5 Å². The number of nitrogen functional groups attached to an aromatic ring is 1. The van der Waals surface area contributed by atoms with E-state index in [4.69, 9.17) is 11.5 Å². The Morgan fingerprint density at radius 3 is 2.00 bits per heavy atom. The number of amides is 1. The summed E-state index contributed by atoms with van der Waals surface area (Å²) in [6.07, 6.45) is 14.4. The summed E-state index contributed by atoms with van der Waals surface area (Å²) in [5, 5.41) is 9.04. The zero-order chi connectivity index (χ0) is 20.4. The van der Waals surface area contributed by atoms with Crippen LogP contribution in [0.25, 0.3) is 11.0 Å². The number of anilines is 1. The molecule has 3 aromatic rings. The fraction of sp³-hybridized carbons (Fsp3) is 0.571. The lowest BCUT2D eigenvalue weighted by atomic mass is 10.2. The van der Waals surface area contributed by atoms with Gasteiger partial charge < -0.3 is 16.5 Å². The minimum atomic E-state index is -0.508. The molecule has 31 heavy (non-hydrogen) atoms. The highest BCUT2D eigenvalue weighted by Crippen LogP contribution is 2.30. The molecule has 5 N–H and O–H groups in total. The lowest BCUT2D eigenvalue weighted by Crippen LogP contribution is -2.12. The highest BCUT2D eigenvalue weighted by atomic mass is 16.1. The summed E-state index contributed by atoms with van der Waals surface area (Å²) in [7, 11) is 0. The smallest absolute Gasteiger partial charge is 0.261 e. The SMILES string of the molecule is C.C.NC(=O)c1cn(C2CCCC2)nc1N.O=c1[nH]cnc2nn(C3CCCC3)cc12. The summed E-state index contributed by atoms with van der Waals surface area (Å²) in [5.41, 5.74) is 11.5. The summed E-state index contributed by atoms with van der Waals surface area (Å²) in [6, 6.07) is 0.851. The number of nitrogens with two attached hydrogens (primary N) is 2. The quantitative estimate of drug-likeness (QED) is 0.580. The van der Waals surface area contributed by atoms with Gasteiger partial charge in [-0.25, -0.2) is 4.98 Å². The molecule has 0 atom stereocenters. The first-order chi connectivity index (χ1) is 14.0. The number of nitrogens with zero attached hydrogens (tertiary/aromatic N) is 5. The Morgan fingerprint density at radius 2 is 1.52 bits per heavy atom. The van der Waals surface area contributed by atoms with E-state index in [1.54, 1.807) is 10.9 Å². The summed E-state index contributed by atoms with van der Waals surface area (Å²) in [5.74, 6) is -0.267. The Hall–Kier alpha value is -3.17. The molecular weight excluding hydrogens is 396 g/mol. The topological polar surface area (TPSA) is 150 Å². The molecule has 2 aliphatic carbocycles. The van der Waals surface area contributed by atoms with E-state index in [9.17, 15) is 9.59 Å². The first-order valence-electron chi connectivity index (χ1n) is 10.1. The average molecular weight is 431 g/mol. The minimum absolute atomic E-state index is 0. The Kier molecular flexibility index (Phi) is 7.95. The van der Waals surface area contributed by atoms with Crippen LogP contribution in [0.1, 0.15) is 88.7 Å². The number of H-pyrrole nitrogens is 1. The average Bonchev–Trinajstić information content (AvgIpc) is 3.47. The number of aromatic amines is 1. The molecule has 0 spiro atoms. The normalized spacial score (nSPS) is 16.4. The standard InChI is InChI=1S/C10H12N4O.C9H14N4O.2CH4/c15-10-8-5-14(7-3-1-2-4-7)13-9(8)11-6-12-10;10-8-7(9(11)14)5-13(12-8)6-3-1-2-4-6;;/h5-7H,1-4H2,(H,11,12,13,15);5-6H,1-4H2,(H2,10,12)(H2,11,14);2*1H4. The van der Waals surface area contributed by atoms with Gasteiger partial charge >= 0.3 is 0 Å². The van der Waals surface area contributed by atoms with Crippen molar-refractivity contribution in [2.24, 2.45) is 5.73 Å². The highest BCUT2D eigenvalue weighted by molar-refractivity contribution is 5.96. The molecule has 1 amide bonds. The molecule has 10 heteroatoms. The minimum Gasteiger partial charge on any atom is -0.382 e. The Balaban J connectivity index is 0.000000207. The van der Waals surface area contributed by atoms with Gasteiger partial charge in [-0.3, -0.25) is 19.0 Å². The van der Waals surface area contributed by atoms with E-state index >= 15 is 0 Å². The molecular formula is C21H34N8O2. The van der Waals surface area contributed by atoms with Crippen molar-refractivity contribution in [3.63, 3.8) is 0 Å². The predicted molar refractivity (Wildman–Crippen MR) is 122 cm³/mol. The number of rotatable bonds is 3. The van der Waals surface area contributed by atoms with Crippen LogP contribution < -0.4 is 17.0 Å². The number of carbonyl (C=O) groups is 1. The number of fused-ring (bicyclic) bond motifs is 1.